The van der Waals surface area contributed by atoms with Crippen LogP contribution in [0.3, 0.4) is 0 Å². The minimum atomic E-state index is -0.454. The van der Waals surface area contributed by atoms with Gasteiger partial charge in [-0.15, -0.1) is 0 Å². The van der Waals surface area contributed by atoms with Crippen LogP contribution in [0.1, 0.15) is 10.4 Å². The lowest BCUT2D eigenvalue weighted by atomic mass is 10.00. The highest BCUT2D eigenvalue weighted by Crippen LogP contribution is 2.39. The molecule has 0 atom stereocenters. The summed E-state index contributed by atoms with van der Waals surface area (Å²) in [7, 11) is 1.32. The highest BCUT2D eigenvalue weighted by molar-refractivity contribution is 6.01. The van der Waals surface area contributed by atoms with Crippen LogP contribution in [0.25, 0.3) is 11.1 Å². The third-order valence-corrected chi connectivity index (χ3v) is 3.15. The second-order valence-electron chi connectivity index (χ2n) is 4.43. The van der Waals surface area contributed by atoms with E-state index in [0.29, 0.717) is 28.1 Å². The van der Waals surface area contributed by atoms with Crippen molar-refractivity contribution in [1.82, 2.24) is 4.98 Å². The maximum Gasteiger partial charge on any atom is 0.338 e. The number of fused-ring (bicyclic) bond motifs is 1. The molecule has 2 heterocycles. The Balaban J connectivity index is 2.16. The van der Waals surface area contributed by atoms with Crippen LogP contribution in [-0.4, -0.2) is 30.6 Å². The molecule has 106 valence electrons. The Morgan fingerprint density at radius 1 is 1.33 bits per heavy atom. The third-order valence-electron chi connectivity index (χ3n) is 3.15. The van der Waals surface area contributed by atoms with Crippen molar-refractivity contribution in [2.45, 2.75) is 0 Å². The number of pyridine rings is 1. The monoisotopic (exact) mass is 284 g/mol. The fourth-order valence-corrected chi connectivity index (χ4v) is 2.22. The molecule has 0 saturated heterocycles. The van der Waals surface area contributed by atoms with Gasteiger partial charge >= 0.3 is 5.97 Å². The van der Waals surface area contributed by atoms with Gasteiger partial charge in [-0.2, -0.15) is 0 Å². The SMILES string of the molecule is COC(=O)c1ccncc1-c1cccc2c1OCC(=O)N2. The Morgan fingerprint density at radius 3 is 3.00 bits per heavy atom. The van der Waals surface area contributed by atoms with Crippen LogP contribution in [-0.2, 0) is 9.53 Å². The summed E-state index contributed by atoms with van der Waals surface area (Å²) in [5.41, 5.74) is 2.24. The number of aromatic nitrogens is 1. The number of para-hydroxylation sites is 1. The van der Waals surface area contributed by atoms with Crippen LogP contribution in [0.5, 0.6) is 5.75 Å². The molecule has 6 nitrogen and oxygen atoms in total. The van der Waals surface area contributed by atoms with E-state index in [1.165, 1.54) is 13.3 Å². The van der Waals surface area contributed by atoms with Crippen LogP contribution in [0.15, 0.2) is 36.7 Å². The number of anilines is 1. The van der Waals surface area contributed by atoms with Gasteiger partial charge in [0.1, 0.15) is 0 Å². The van der Waals surface area contributed by atoms with Crippen molar-refractivity contribution in [1.29, 1.82) is 0 Å². The molecule has 0 spiro atoms. The summed E-state index contributed by atoms with van der Waals surface area (Å²) in [5, 5.41) is 2.73. The van der Waals surface area contributed by atoms with Gasteiger partial charge in [-0.1, -0.05) is 12.1 Å². The summed E-state index contributed by atoms with van der Waals surface area (Å²) in [5.74, 6) is -0.140. The first kappa shape index (κ1) is 13.1. The number of hydrogen-bond donors (Lipinski definition) is 1. The van der Waals surface area contributed by atoms with E-state index >= 15 is 0 Å². The summed E-state index contributed by atoms with van der Waals surface area (Å²) < 4.78 is 10.3. The molecular weight excluding hydrogens is 272 g/mol. The smallest absolute Gasteiger partial charge is 0.338 e. The standard InChI is InChI=1S/C15H12N2O4/c1-20-15(19)10-5-6-16-7-11(10)9-3-2-4-12-14(9)21-8-13(18)17-12/h2-7H,8H2,1H3,(H,17,18). The molecule has 1 amide bonds. The molecule has 0 unspecified atom stereocenters. The van der Waals surface area contributed by atoms with Crippen molar-refractivity contribution in [3.05, 3.63) is 42.2 Å². The van der Waals surface area contributed by atoms with Crippen LogP contribution >= 0.6 is 0 Å². The predicted octanol–water partition coefficient (Wildman–Crippen LogP) is 1.87. The minimum absolute atomic E-state index is 0.0577. The summed E-state index contributed by atoms with van der Waals surface area (Å²) in [4.78, 5) is 27.3. The molecule has 1 aromatic carbocycles. The molecule has 21 heavy (non-hydrogen) atoms. The molecule has 0 saturated carbocycles. The molecule has 0 radical (unpaired) electrons. The zero-order chi connectivity index (χ0) is 14.8. The van der Waals surface area contributed by atoms with Crippen molar-refractivity contribution in [3.63, 3.8) is 0 Å². The molecule has 1 aliphatic heterocycles. The Labute approximate surface area is 120 Å². The van der Waals surface area contributed by atoms with E-state index in [-0.39, 0.29) is 12.5 Å². The number of benzene rings is 1. The first-order chi connectivity index (χ1) is 10.2. The first-order valence-electron chi connectivity index (χ1n) is 6.29. The Morgan fingerprint density at radius 2 is 2.19 bits per heavy atom. The lowest BCUT2D eigenvalue weighted by molar-refractivity contribution is -0.118. The number of esters is 1. The van der Waals surface area contributed by atoms with Gasteiger partial charge in [0, 0.05) is 23.5 Å². The summed E-state index contributed by atoms with van der Waals surface area (Å²) in [6.45, 7) is -0.0577. The van der Waals surface area contributed by atoms with E-state index in [4.69, 9.17) is 9.47 Å². The number of nitrogens with one attached hydrogen (secondary N) is 1. The van der Waals surface area contributed by atoms with Crippen LogP contribution in [0, 0.1) is 0 Å². The molecule has 1 N–H and O–H groups in total. The van der Waals surface area contributed by atoms with Crippen molar-refractivity contribution in [3.8, 4) is 16.9 Å². The first-order valence-corrected chi connectivity index (χ1v) is 6.29. The molecule has 6 heteroatoms. The van der Waals surface area contributed by atoms with E-state index in [1.54, 1.807) is 30.5 Å². The summed E-state index contributed by atoms with van der Waals surface area (Å²) in [6, 6.07) is 6.91. The summed E-state index contributed by atoms with van der Waals surface area (Å²) >= 11 is 0. The van der Waals surface area contributed by atoms with Gasteiger partial charge in [0.2, 0.25) is 0 Å². The molecule has 1 aromatic heterocycles. The maximum atomic E-state index is 11.9. The average Bonchev–Trinajstić information content (AvgIpc) is 2.53. The van der Waals surface area contributed by atoms with Crippen LogP contribution in [0.4, 0.5) is 5.69 Å². The van der Waals surface area contributed by atoms with Gasteiger partial charge < -0.3 is 14.8 Å². The summed E-state index contributed by atoms with van der Waals surface area (Å²) in [6.07, 6.45) is 3.09. The van der Waals surface area contributed by atoms with Gasteiger partial charge in [0.05, 0.1) is 18.4 Å². The molecule has 0 bridgehead atoms. The largest absolute Gasteiger partial charge is 0.481 e. The number of amides is 1. The third kappa shape index (κ3) is 2.31. The quantitative estimate of drug-likeness (QED) is 0.852. The molecule has 0 aliphatic carbocycles. The Hall–Kier alpha value is -2.89. The van der Waals surface area contributed by atoms with Crippen LogP contribution < -0.4 is 10.1 Å². The Kier molecular flexibility index (Phi) is 3.27. The van der Waals surface area contributed by atoms with Gasteiger partial charge in [-0.25, -0.2) is 4.79 Å². The number of rotatable bonds is 2. The molecule has 3 rings (SSSR count). The molecule has 1 aliphatic rings. The fraction of sp³-hybridized carbons (Fsp3) is 0.133. The number of carbonyl (C=O) groups is 2. The zero-order valence-electron chi connectivity index (χ0n) is 11.3. The van der Waals surface area contributed by atoms with Gasteiger partial charge in [-0.05, 0) is 12.1 Å². The number of ether oxygens (including phenoxy) is 2. The number of nitrogens with zero attached hydrogens (tertiary/aromatic N) is 1. The number of hydrogen-bond acceptors (Lipinski definition) is 5. The zero-order valence-corrected chi connectivity index (χ0v) is 11.3. The number of carbonyl (C=O) groups excluding carboxylic acids is 2. The Bertz CT molecular complexity index is 727. The minimum Gasteiger partial charge on any atom is -0.481 e. The average molecular weight is 284 g/mol. The highest BCUT2D eigenvalue weighted by Gasteiger charge is 2.22. The van der Waals surface area contributed by atoms with Crippen LogP contribution in [0.2, 0.25) is 0 Å². The van der Waals surface area contributed by atoms with E-state index in [2.05, 4.69) is 10.3 Å². The molecule has 0 fully saturated rings. The second kappa shape index (κ2) is 5.24. The van der Waals surface area contributed by atoms with E-state index in [0.717, 1.165) is 0 Å². The van der Waals surface area contributed by atoms with Gasteiger partial charge in [0.25, 0.3) is 5.91 Å². The fourth-order valence-electron chi connectivity index (χ4n) is 2.22. The lowest BCUT2D eigenvalue weighted by Crippen LogP contribution is -2.25. The van der Waals surface area contributed by atoms with Crippen molar-refractivity contribution in [2.24, 2.45) is 0 Å². The lowest BCUT2D eigenvalue weighted by Gasteiger charge is -2.21. The highest BCUT2D eigenvalue weighted by atomic mass is 16.5. The van der Waals surface area contributed by atoms with Crippen molar-refractivity contribution >= 4 is 17.6 Å². The van der Waals surface area contributed by atoms with Crippen molar-refractivity contribution in [2.75, 3.05) is 19.0 Å². The van der Waals surface area contributed by atoms with Gasteiger partial charge in [0.15, 0.2) is 12.4 Å². The van der Waals surface area contributed by atoms with E-state index in [1.807, 2.05) is 0 Å². The van der Waals surface area contributed by atoms with E-state index in [9.17, 15) is 9.59 Å². The number of methoxy groups -OCH3 is 1. The maximum absolute atomic E-state index is 11.9. The van der Waals surface area contributed by atoms with E-state index < -0.39 is 5.97 Å². The second-order valence-corrected chi connectivity index (χ2v) is 4.43. The normalized spacial score (nSPS) is 12.9. The van der Waals surface area contributed by atoms with Gasteiger partial charge in [-0.3, -0.25) is 9.78 Å². The molecular formula is C15H12N2O4. The predicted molar refractivity (Wildman–Crippen MR) is 75.1 cm³/mol. The van der Waals surface area contributed by atoms with Crippen molar-refractivity contribution < 1.29 is 19.1 Å². The molecule has 2 aromatic rings. The topological polar surface area (TPSA) is 77.5 Å².